The van der Waals surface area contributed by atoms with Gasteiger partial charge in [-0.2, -0.15) is 0 Å². The second-order valence-corrected chi connectivity index (χ2v) is 9.53. The maximum Gasteiger partial charge on any atom is 0.170 e. The number of carbonyl (C=O) groups is 1. The number of hydrogen-bond donors (Lipinski definition) is 2. The Hall–Kier alpha value is -4.13. The van der Waals surface area contributed by atoms with Gasteiger partial charge in [0.15, 0.2) is 5.78 Å². The van der Waals surface area contributed by atoms with Crippen LogP contribution < -0.4 is 16.0 Å². The molecule has 1 saturated heterocycles. The molecule has 2 aromatic rings. The van der Waals surface area contributed by atoms with E-state index in [9.17, 15) is 4.79 Å². The minimum atomic E-state index is -0.849. The summed E-state index contributed by atoms with van der Waals surface area (Å²) in [6.07, 6.45) is 17.4. The third-order valence-corrected chi connectivity index (χ3v) is 6.64. The Kier molecular flexibility index (Phi) is 4.33. The van der Waals surface area contributed by atoms with Gasteiger partial charge in [0.2, 0.25) is 0 Å². The maximum absolute atomic E-state index is 13.4. The minimum absolute atomic E-state index is 0.0944. The minimum Gasteiger partial charge on any atom is -0.375 e. The molecule has 0 spiro atoms. The van der Waals surface area contributed by atoms with Crippen molar-refractivity contribution in [3.05, 3.63) is 94.5 Å². The van der Waals surface area contributed by atoms with Crippen LogP contribution in [0.25, 0.3) is 12.2 Å². The highest BCUT2D eigenvalue weighted by atomic mass is 16.1. The number of nitrogens with one attached hydrogen (secondary N) is 2. The molecule has 2 atom stereocenters. The first-order valence-corrected chi connectivity index (χ1v) is 11.3. The van der Waals surface area contributed by atoms with Crippen molar-refractivity contribution in [2.24, 2.45) is 15.4 Å². The third-order valence-electron chi connectivity index (χ3n) is 6.64. The smallest absolute Gasteiger partial charge is 0.170 e. The molecule has 0 amide bonds. The Morgan fingerprint density at radius 3 is 2.59 bits per heavy atom. The van der Waals surface area contributed by atoms with E-state index in [1.807, 2.05) is 87.6 Å². The molecule has 0 saturated carbocycles. The van der Waals surface area contributed by atoms with Gasteiger partial charge < -0.3 is 10.3 Å². The molecule has 7 nitrogen and oxygen atoms in total. The molecule has 1 fully saturated rings. The molecule has 0 aromatic carbocycles. The lowest BCUT2D eigenvalue weighted by atomic mass is 9.82. The van der Waals surface area contributed by atoms with Gasteiger partial charge in [-0.05, 0) is 87.6 Å². The van der Waals surface area contributed by atoms with Gasteiger partial charge in [-0.1, -0.05) is 0 Å². The van der Waals surface area contributed by atoms with Crippen LogP contribution in [-0.2, 0) is 10.3 Å². The van der Waals surface area contributed by atoms with E-state index < -0.39 is 17.0 Å². The van der Waals surface area contributed by atoms with Gasteiger partial charge in [0.05, 0.1) is 28.2 Å². The van der Waals surface area contributed by atoms with E-state index in [-0.39, 0.29) is 5.78 Å². The molecule has 4 aliphatic rings. The number of hydrogen-bond acceptors (Lipinski definition) is 6. The molecular formula is C27H24N6O. The van der Waals surface area contributed by atoms with Crippen LogP contribution >= 0.6 is 0 Å². The molecule has 6 rings (SSSR count). The van der Waals surface area contributed by atoms with Gasteiger partial charge >= 0.3 is 0 Å². The highest BCUT2D eigenvalue weighted by molar-refractivity contribution is 6.20. The summed E-state index contributed by atoms with van der Waals surface area (Å²) < 4.78 is 0. The molecule has 7 heteroatoms. The van der Waals surface area contributed by atoms with Crippen LogP contribution in [0.1, 0.15) is 25.2 Å². The van der Waals surface area contributed by atoms with Crippen LogP contribution in [0.2, 0.25) is 0 Å². The number of ketones is 1. The Morgan fingerprint density at radius 2 is 1.79 bits per heavy atom. The summed E-state index contributed by atoms with van der Waals surface area (Å²) in [5.74, 6) is 0.0944. The fourth-order valence-corrected chi connectivity index (χ4v) is 4.70. The topological polar surface area (TPSA) is 95.4 Å². The number of nitrogens with zero attached hydrogens (tertiary/aromatic N) is 4. The summed E-state index contributed by atoms with van der Waals surface area (Å²) >= 11 is 0. The molecule has 0 aliphatic carbocycles. The van der Waals surface area contributed by atoms with Crippen molar-refractivity contribution in [3.8, 4) is 0 Å². The summed E-state index contributed by atoms with van der Waals surface area (Å²) in [5, 5.41) is 5.34. The molecule has 4 aliphatic heterocycles. The first kappa shape index (κ1) is 20.5. The van der Waals surface area contributed by atoms with Crippen LogP contribution in [0.15, 0.2) is 82.4 Å². The first-order valence-electron chi connectivity index (χ1n) is 11.3. The Labute approximate surface area is 196 Å². The van der Waals surface area contributed by atoms with Crippen molar-refractivity contribution < 1.29 is 4.79 Å². The number of aromatic nitrogens is 3. The average molecular weight is 449 g/mol. The van der Waals surface area contributed by atoms with E-state index in [0.29, 0.717) is 0 Å². The van der Waals surface area contributed by atoms with Crippen molar-refractivity contribution in [1.29, 1.82) is 0 Å². The molecule has 34 heavy (non-hydrogen) atoms. The maximum atomic E-state index is 13.4. The lowest BCUT2D eigenvalue weighted by Gasteiger charge is -2.24. The second-order valence-electron chi connectivity index (χ2n) is 9.53. The summed E-state index contributed by atoms with van der Waals surface area (Å²) in [4.78, 5) is 35.4. The van der Waals surface area contributed by atoms with Crippen LogP contribution in [-0.4, -0.2) is 38.2 Å². The fourth-order valence-electron chi connectivity index (χ4n) is 4.70. The van der Waals surface area contributed by atoms with Gasteiger partial charge in [-0.25, -0.2) is 15.0 Å². The summed E-state index contributed by atoms with van der Waals surface area (Å²) in [6, 6.07) is 5.50. The first-order chi connectivity index (χ1) is 16.3. The molecule has 2 unspecified atom stereocenters. The molecule has 8 bridgehead atoms. The lowest BCUT2D eigenvalue weighted by Crippen LogP contribution is -2.27. The fraction of sp³-hybridized carbons (Fsp3) is 0.222. The SMILES string of the molecule is Cc1cc(C23C=CC(=N2)C=c2ccc([nH]2)=CC2=NC(=CC4NC(=C3)C(C)(C)C4=O)C=C2)ncn1. The number of Topliss-reactive ketones (excluding diaryl/α,β-unsaturated/α-hetero) is 1. The Morgan fingerprint density at radius 1 is 1.00 bits per heavy atom. The normalized spacial score (nSPS) is 26.2. The number of carbonyl (C=O) groups excluding carboxylic acids is 1. The van der Waals surface area contributed by atoms with Gasteiger partial charge in [0.25, 0.3) is 0 Å². The molecule has 2 N–H and O–H groups in total. The van der Waals surface area contributed by atoms with Gasteiger partial charge in [-0.3, -0.25) is 9.79 Å². The van der Waals surface area contributed by atoms with Crippen LogP contribution in [0.3, 0.4) is 0 Å². The predicted octanol–water partition coefficient (Wildman–Crippen LogP) is 1.94. The van der Waals surface area contributed by atoms with E-state index in [4.69, 9.17) is 4.99 Å². The zero-order valence-electron chi connectivity index (χ0n) is 19.2. The van der Waals surface area contributed by atoms with Crippen molar-refractivity contribution >= 4 is 29.4 Å². The molecule has 2 aromatic heterocycles. The summed E-state index contributed by atoms with van der Waals surface area (Å²) in [6.45, 7) is 5.83. The standard InChI is InChI=1S/C27H24N6O/c1-16-10-23(29-15-28-16)27-9-8-21(33-27)12-19-5-4-17(30-19)11-18-6-7-20(31-18)13-22-25(34)26(2,3)24(14-27)32-22/h4-15,22,30,32H,1-3H3. The van der Waals surface area contributed by atoms with Crippen molar-refractivity contribution in [1.82, 2.24) is 20.3 Å². The molecule has 6 heterocycles. The third kappa shape index (κ3) is 3.32. The van der Waals surface area contributed by atoms with E-state index in [0.717, 1.165) is 44.9 Å². The zero-order valence-corrected chi connectivity index (χ0v) is 19.2. The van der Waals surface area contributed by atoms with Crippen molar-refractivity contribution in [2.75, 3.05) is 0 Å². The van der Waals surface area contributed by atoms with Crippen LogP contribution in [0, 0.1) is 12.3 Å². The number of aromatic amines is 1. The van der Waals surface area contributed by atoms with E-state index in [1.165, 1.54) is 0 Å². The van der Waals surface area contributed by atoms with E-state index in [1.54, 1.807) is 6.33 Å². The number of allylic oxidation sites excluding steroid dienone is 4. The largest absolute Gasteiger partial charge is 0.375 e. The molecule has 168 valence electrons. The van der Waals surface area contributed by atoms with Crippen LogP contribution in [0.4, 0.5) is 0 Å². The van der Waals surface area contributed by atoms with Crippen LogP contribution in [0.5, 0.6) is 0 Å². The number of fused-ring (bicyclic) bond motifs is 6. The Balaban J connectivity index is 1.61. The van der Waals surface area contributed by atoms with E-state index in [2.05, 4.69) is 25.3 Å². The zero-order chi connectivity index (χ0) is 23.5. The predicted molar refractivity (Wildman–Crippen MR) is 132 cm³/mol. The highest BCUT2D eigenvalue weighted by Crippen LogP contribution is 2.40. The Bertz CT molecular complexity index is 1550. The van der Waals surface area contributed by atoms with Gasteiger partial charge in [-0.15, -0.1) is 0 Å². The van der Waals surface area contributed by atoms with E-state index >= 15 is 0 Å². The number of aliphatic imine (C=N–C) groups is 2. The number of rotatable bonds is 1. The summed E-state index contributed by atoms with van der Waals surface area (Å²) in [5.41, 5.74) is 3.28. The summed E-state index contributed by atoms with van der Waals surface area (Å²) in [7, 11) is 0. The quantitative estimate of drug-likeness (QED) is 0.697. The van der Waals surface area contributed by atoms with Crippen molar-refractivity contribution in [3.63, 3.8) is 0 Å². The van der Waals surface area contributed by atoms with Gasteiger partial charge in [0, 0.05) is 22.1 Å². The number of H-pyrrole nitrogens is 1. The average Bonchev–Trinajstić information content (AvgIpc) is 3.56. The lowest BCUT2D eigenvalue weighted by molar-refractivity contribution is -0.123. The number of aryl methyl sites for hydroxylation is 1. The molecule has 0 radical (unpaired) electrons. The monoisotopic (exact) mass is 448 g/mol. The van der Waals surface area contributed by atoms with Crippen molar-refractivity contribution in [2.45, 2.75) is 32.4 Å². The molecular weight excluding hydrogens is 424 g/mol. The van der Waals surface area contributed by atoms with Gasteiger partial charge in [0.1, 0.15) is 17.9 Å². The second kappa shape index (κ2) is 7.18. The highest BCUT2D eigenvalue weighted by Gasteiger charge is 2.46.